The zero-order chi connectivity index (χ0) is 11.0. The smallest absolute Gasteiger partial charge is 0.136 e. The minimum atomic E-state index is 0.634. The summed E-state index contributed by atoms with van der Waals surface area (Å²) in [6, 6.07) is 7.45. The fourth-order valence-electron chi connectivity index (χ4n) is 1.36. The third-order valence-electron chi connectivity index (χ3n) is 2.34. The molecule has 2 aromatic rings. The maximum Gasteiger partial charge on any atom is 0.136 e. The maximum absolute atomic E-state index is 6.16. The number of aryl methyl sites for hydroxylation is 1. The highest BCUT2D eigenvalue weighted by molar-refractivity contribution is 6.31. The molecule has 0 aliphatic rings. The van der Waals surface area contributed by atoms with E-state index in [0.717, 1.165) is 16.9 Å². The fraction of sp³-hybridized carbons (Fsp3) is 0.182. The summed E-state index contributed by atoms with van der Waals surface area (Å²) >= 11 is 12.1. The highest BCUT2D eigenvalue weighted by Crippen LogP contribution is 2.23. The standard InChI is InChI=1S/C11H10Cl2N2/c1-7-8(2)14-15(11(7)13)10-5-3-4-9(12)6-10/h3-6H,1-2H3. The van der Waals surface area contributed by atoms with Crippen molar-refractivity contribution in [3.05, 3.63) is 45.7 Å². The second kappa shape index (κ2) is 3.87. The van der Waals surface area contributed by atoms with Crippen molar-refractivity contribution in [2.24, 2.45) is 0 Å². The molecule has 0 N–H and O–H groups in total. The van der Waals surface area contributed by atoms with Crippen LogP contribution in [0.3, 0.4) is 0 Å². The van der Waals surface area contributed by atoms with E-state index in [1.165, 1.54) is 0 Å². The topological polar surface area (TPSA) is 17.8 Å². The molecule has 0 unspecified atom stereocenters. The molecule has 4 heteroatoms. The number of nitrogens with zero attached hydrogens (tertiary/aromatic N) is 2. The van der Waals surface area contributed by atoms with Gasteiger partial charge in [-0.05, 0) is 32.0 Å². The Morgan fingerprint density at radius 2 is 1.93 bits per heavy atom. The number of hydrogen-bond donors (Lipinski definition) is 0. The van der Waals surface area contributed by atoms with E-state index in [1.807, 2.05) is 38.1 Å². The summed E-state index contributed by atoms with van der Waals surface area (Å²) in [5, 5.41) is 5.66. The van der Waals surface area contributed by atoms with Crippen LogP contribution in [0.2, 0.25) is 10.2 Å². The lowest BCUT2D eigenvalue weighted by Gasteiger charge is -2.03. The van der Waals surface area contributed by atoms with E-state index < -0.39 is 0 Å². The summed E-state index contributed by atoms with van der Waals surface area (Å²) < 4.78 is 1.69. The van der Waals surface area contributed by atoms with E-state index in [4.69, 9.17) is 23.2 Å². The van der Waals surface area contributed by atoms with Crippen molar-refractivity contribution in [3.63, 3.8) is 0 Å². The van der Waals surface area contributed by atoms with Gasteiger partial charge in [0.1, 0.15) is 5.15 Å². The highest BCUT2D eigenvalue weighted by atomic mass is 35.5. The SMILES string of the molecule is Cc1nn(-c2cccc(Cl)c2)c(Cl)c1C. The van der Waals surface area contributed by atoms with Gasteiger partial charge in [0.15, 0.2) is 0 Å². The normalized spacial score (nSPS) is 10.7. The molecular formula is C11H10Cl2N2. The van der Waals surface area contributed by atoms with Gasteiger partial charge in [0, 0.05) is 10.6 Å². The summed E-state index contributed by atoms with van der Waals surface area (Å²) in [7, 11) is 0. The zero-order valence-corrected chi connectivity index (χ0v) is 9.97. The minimum Gasteiger partial charge on any atom is -0.222 e. The Hall–Kier alpha value is -0.990. The van der Waals surface area contributed by atoms with E-state index >= 15 is 0 Å². The first kappa shape index (κ1) is 10.5. The third-order valence-corrected chi connectivity index (χ3v) is 3.02. The molecule has 0 aliphatic heterocycles. The molecular weight excluding hydrogens is 231 g/mol. The van der Waals surface area contributed by atoms with Crippen LogP contribution in [0.15, 0.2) is 24.3 Å². The Labute approximate surface area is 98.4 Å². The van der Waals surface area contributed by atoms with Crippen molar-refractivity contribution in [2.45, 2.75) is 13.8 Å². The Morgan fingerprint density at radius 3 is 2.47 bits per heavy atom. The summed E-state index contributed by atoms with van der Waals surface area (Å²) in [4.78, 5) is 0. The van der Waals surface area contributed by atoms with Crippen molar-refractivity contribution in [1.82, 2.24) is 9.78 Å². The number of hydrogen-bond acceptors (Lipinski definition) is 1. The number of aromatic nitrogens is 2. The van der Waals surface area contributed by atoms with Gasteiger partial charge in [0.25, 0.3) is 0 Å². The molecule has 0 fully saturated rings. The van der Waals surface area contributed by atoms with Crippen molar-refractivity contribution in [1.29, 1.82) is 0 Å². The first-order valence-corrected chi connectivity index (χ1v) is 5.33. The molecule has 1 aromatic heterocycles. The summed E-state index contributed by atoms with van der Waals surface area (Å²) in [6.07, 6.45) is 0. The summed E-state index contributed by atoms with van der Waals surface area (Å²) in [6.45, 7) is 3.88. The second-order valence-electron chi connectivity index (χ2n) is 3.39. The molecule has 0 radical (unpaired) electrons. The van der Waals surface area contributed by atoms with Gasteiger partial charge in [-0.1, -0.05) is 29.3 Å². The van der Waals surface area contributed by atoms with Gasteiger partial charge in [0.2, 0.25) is 0 Å². The predicted molar refractivity (Wildman–Crippen MR) is 63.1 cm³/mol. The van der Waals surface area contributed by atoms with Crippen LogP contribution in [0.1, 0.15) is 11.3 Å². The molecule has 0 spiro atoms. The van der Waals surface area contributed by atoms with Gasteiger partial charge < -0.3 is 0 Å². The molecule has 0 atom stereocenters. The first-order chi connectivity index (χ1) is 7.09. The van der Waals surface area contributed by atoms with Crippen LogP contribution in [0, 0.1) is 13.8 Å². The van der Waals surface area contributed by atoms with Crippen LogP contribution in [-0.2, 0) is 0 Å². The molecule has 0 aliphatic carbocycles. The Balaban J connectivity index is 2.59. The van der Waals surface area contributed by atoms with Gasteiger partial charge in [-0.2, -0.15) is 5.10 Å². The van der Waals surface area contributed by atoms with Crippen LogP contribution in [0.25, 0.3) is 5.69 Å². The molecule has 2 nitrogen and oxygen atoms in total. The van der Waals surface area contributed by atoms with E-state index in [0.29, 0.717) is 10.2 Å². The lowest BCUT2D eigenvalue weighted by Crippen LogP contribution is -1.96. The van der Waals surface area contributed by atoms with Crippen LogP contribution in [-0.4, -0.2) is 9.78 Å². The lowest BCUT2D eigenvalue weighted by molar-refractivity contribution is 0.863. The molecule has 78 valence electrons. The number of rotatable bonds is 1. The largest absolute Gasteiger partial charge is 0.222 e. The first-order valence-electron chi connectivity index (χ1n) is 4.57. The predicted octanol–water partition coefficient (Wildman–Crippen LogP) is 3.80. The Morgan fingerprint density at radius 1 is 1.20 bits per heavy atom. The van der Waals surface area contributed by atoms with Crippen LogP contribution in [0.5, 0.6) is 0 Å². The van der Waals surface area contributed by atoms with Gasteiger partial charge in [0.05, 0.1) is 11.4 Å². The monoisotopic (exact) mass is 240 g/mol. The van der Waals surface area contributed by atoms with Crippen LogP contribution < -0.4 is 0 Å². The zero-order valence-electron chi connectivity index (χ0n) is 8.46. The fourth-order valence-corrected chi connectivity index (χ4v) is 1.81. The van der Waals surface area contributed by atoms with E-state index in [1.54, 1.807) is 4.68 Å². The van der Waals surface area contributed by atoms with Crippen molar-refractivity contribution in [3.8, 4) is 5.69 Å². The third kappa shape index (κ3) is 1.87. The quantitative estimate of drug-likeness (QED) is 0.742. The van der Waals surface area contributed by atoms with Gasteiger partial charge >= 0.3 is 0 Å². The second-order valence-corrected chi connectivity index (χ2v) is 4.19. The van der Waals surface area contributed by atoms with Crippen molar-refractivity contribution in [2.75, 3.05) is 0 Å². The van der Waals surface area contributed by atoms with Crippen molar-refractivity contribution < 1.29 is 0 Å². The average Bonchev–Trinajstić information content (AvgIpc) is 2.46. The number of halogens is 2. The van der Waals surface area contributed by atoms with Gasteiger partial charge in [-0.25, -0.2) is 4.68 Å². The Kier molecular flexibility index (Phi) is 2.72. The summed E-state index contributed by atoms with van der Waals surface area (Å²) in [5.41, 5.74) is 2.81. The number of benzene rings is 1. The molecule has 0 amide bonds. The molecule has 0 bridgehead atoms. The maximum atomic E-state index is 6.16. The summed E-state index contributed by atoms with van der Waals surface area (Å²) in [5.74, 6) is 0. The van der Waals surface area contributed by atoms with Crippen LogP contribution >= 0.6 is 23.2 Å². The molecule has 15 heavy (non-hydrogen) atoms. The van der Waals surface area contributed by atoms with Gasteiger partial charge in [-0.3, -0.25) is 0 Å². The average molecular weight is 241 g/mol. The van der Waals surface area contributed by atoms with Crippen LogP contribution in [0.4, 0.5) is 0 Å². The lowest BCUT2D eigenvalue weighted by atomic mass is 10.3. The molecule has 1 heterocycles. The van der Waals surface area contributed by atoms with E-state index in [9.17, 15) is 0 Å². The van der Waals surface area contributed by atoms with Gasteiger partial charge in [-0.15, -0.1) is 0 Å². The highest BCUT2D eigenvalue weighted by Gasteiger charge is 2.10. The molecule has 0 saturated heterocycles. The van der Waals surface area contributed by atoms with E-state index in [2.05, 4.69) is 5.10 Å². The van der Waals surface area contributed by atoms with E-state index in [-0.39, 0.29) is 0 Å². The molecule has 2 rings (SSSR count). The minimum absolute atomic E-state index is 0.634. The molecule has 1 aromatic carbocycles. The van der Waals surface area contributed by atoms with Crippen molar-refractivity contribution >= 4 is 23.2 Å². The molecule has 0 saturated carbocycles. The Bertz CT molecular complexity index is 503.